The second-order valence-electron chi connectivity index (χ2n) is 6.83. The number of rotatable bonds is 5. The SMILES string of the molecule is COc1ccc(N2C(=O)CSC2c2cccc(NC(=O)c3ccc(Cl)cc3Cl)c2)cc1. The number of amides is 2. The molecule has 1 unspecified atom stereocenters. The summed E-state index contributed by atoms with van der Waals surface area (Å²) in [7, 11) is 1.60. The normalized spacial score (nSPS) is 15.8. The van der Waals surface area contributed by atoms with E-state index in [0.717, 1.165) is 17.0 Å². The van der Waals surface area contributed by atoms with Crippen LogP contribution in [0.2, 0.25) is 10.0 Å². The van der Waals surface area contributed by atoms with E-state index < -0.39 is 0 Å². The summed E-state index contributed by atoms with van der Waals surface area (Å²) in [4.78, 5) is 27.0. The molecule has 0 bridgehead atoms. The summed E-state index contributed by atoms with van der Waals surface area (Å²) in [5.74, 6) is 0.807. The van der Waals surface area contributed by atoms with Crippen molar-refractivity contribution in [2.75, 3.05) is 23.1 Å². The minimum absolute atomic E-state index is 0.0301. The van der Waals surface area contributed by atoms with Gasteiger partial charge >= 0.3 is 0 Å². The molecule has 1 saturated heterocycles. The Morgan fingerprint density at radius 2 is 1.87 bits per heavy atom. The number of nitrogens with zero attached hydrogens (tertiary/aromatic N) is 1. The molecule has 3 aromatic rings. The second-order valence-corrected chi connectivity index (χ2v) is 8.74. The van der Waals surface area contributed by atoms with Crippen LogP contribution in [-0.2, 0) is 4.79 Å². The van der Waals surface area contributed by atoms with Gasteiger partial charge in [-0.3, -0.25) is 14.5 Å². The molecular weight excluding hydrogens is 455 g/mol. The zero-order valence-corrected chi connectivity index (χ0v) is 18.8. The van der Waals surface area contributed by atoms with E-state index in [1.165, 1.54) is 6.07 Å². The Labute approximate surface area is 194 Å². The molecule has 0 radical (unpaired) electrons. The quantitative estimate of drug-likeness (QED) is 0.492. The van der Waals surface area contributed by atoms with Gasteiger partial charge in [0, 0.05) is 16.4 Å². The van der Waals surface area contributed by atoms with E-state index in [2.05, 4.69) is 5.32 Å². The zero-order chi connectivity index (χ0) is 22.0. The van der Waals surface area contributed by atoms with Crippen LogP contribution in [0.4, 0.5) is 11.4 Å². The Morgan fingerprint density at radius 3 is 2.58 bits per heavy atom. The minimum Gasteiger partial charge on any atom is -0.497 e. The van der Waals surface area contributed by atoms with Gasteiger partial charge in [0.2, 0.25) is 5.91 Å². The van der Waals surface area contributed by atoms with Crippen LogP contribution >= 0.6 is 35.0 Å². The Hall–Kier alpha value is -2.67. The maximum absolute atomic E-state index is 12.7. The van der Waals surface area contributed by atoms with Gasteiger partial charge < -0.3 is 10.1 Å². The lowest BCUT2D eigenvalue weighted by atomic mass is 10.1. The van der Waals surface area contributed by atoms with E-state index in [1.807, 2.05) is 42.5 Å². The maximum Gasteiger partial charge on any atom is 0.257 e. The average Bonchev–Trinajstić information content (AvgIpc) is 3.15. The summed E-state index contributed by atoms with van der Waals surface area (Å²) in [5.41, 5.74) is 2.65. The third kappa shape index (κ3) is 4.66. The highest BCUT2D eigenvalue weighted by Crippen LogP contribution is 2.42. The van der Waals surface area contributed by atoms with Gasteiger partial charge in [0.15, 0.2) is 0 Å². The molecule has 1 aliphatic rings. The number of carbonyl (C=O) groups is 2. The molecule has 3 aromatic carbocycles. The molecular formula is C23H18Cl2N2O3S. The first kappa shape index (κ1) is 21.6. The molecule has 5 nitrogen and oxygen atoms in total. The van der Waals surface area contributed by atoms with E-state index in [4.69, 9.17) is 27.9 Å². The van der Waals surface area contributed by atoms with Gasteiger partial charge in [-0.05, 0) is 60.2 Å². The van der Waals surface area contributed by atoms with Gasteiger partial charge in [0.05, 0.1) is 23.4 Å². The third-order valence-corrected chi connectivity index (χ3v) is 6.58. The molecule has 8 heteroatoms. The fourth-order valence-corrected chi connectivity index (χ4v) is 5.00. The maximum atomic E-state index is 12.7. The van der Waals surface area contributed by atoms with Crippen LogP contribution < -0.4 is 15.0 Å². The van der Waals surface area contributed by atoms with Gasteiger partial charge in [-0.15, -0.1) is 11.8 Å². The largest absolute Gasteiger partial charge is 0.497 e. The highest BCUT2D eigenvalue weighted by Gasteiger charge is 2.34. The van der Waals surface area contributed by atoms with Crippen LogP contribution in [0.25, 0.3) is 0 Å². The van der Waals surface area contributed by atoms with Gasteiger partial charge in [-0.2, -0.15) is 0 Å². The van der Waals surface area contributed by atoms with Crippen LogP contribution in [0.1, 0.15) is 21.3 Å². The van der Waals surface area contributed by atoms with Crippen LogP contribution in [0.3, 0.4) is 0 Å². The first-order valence-corrected chi connectivity index (χ1v) is 11.2. The lowest BCUT2D eigenvalue weighted by Gasteiger charge is -2.25. The molecule has 1 N–H and O–H groups in total. The Morgan fingerprint density at radius 1 is 1.10 bits per heavy atom. The number of methoxy groups -OCH3 is 1. The van der Waals surface area contributed by atoms with E-state index in [9.17, 15) is 9.59 Å². The topological polar surface area (TPSA) is 58.6 Å². The van der Waals surface area contributed by atoms with Crippen LogP contribution in [-0.4, -0.2) is 24.7 Å². The first-order chi connectivity index (χ1) is 15.0. The van der Waals surface area contributed by atoms with Crippen molar-refractivity contribution in [3.8, 4) is 5.75 Å². The number of benzene rings is 3. The number of halogens is 2. The molecule has 1 heterocycles. The number of hydrogen-bond donors (Lipinski definition) is 1. The van der Waals surface area contributed by atoms with Crippen LogP contribution in [0, 0.1) is 0 Å². The molecule has 4 rings (SSSR count). The summed E-state index contributed by atoms with van der Waals surface area (Å²) in [6.07, 6.45) is 0. The lowest BCUT2D eigenvalue weighted by Crippen LogP contribution is -2.27. The number of nitrogens with one attached hydrogen (secondary N) is 1. The number of thioether (sulfide) groups is 1. The van der Waals surface area contributed by atoms with E-state index in [-0.39, 0.29) is 22.2 Å². The van der Waals surface area contributed by atoms with Crippen molar-refractivity contribution in [1.82, 2.24) is 0 Å². The summed E-state index contributed by atoms with van der Waals surface area (Å²) in [6, 6.07) is 19.6. The molecule has 2 amide bonds. The smallest absolute Gasteiger partial charge is 0.257 e. The fraction of sp³-hybridized carbons (Fsp3) is 0.130. The molecule has 0 aliphatic carbocycles. The molecule has 158 valence electrons. The van der Waals surface area contributed by atoms with E-state index in [0.29, 0.717) is 22.0 Å². The predicted molar refractivity (Wildman–Crippen MR) is 127 cm³/mol. The summed E-state index contributed by atoms with van der Waals surface area (Å²) < 4.78 is 5.21. The molecule has 1 aliphatic heterocycles. The first-order valence-electron chi connectivity index (χ1n) is 9.40. The Balaban J connectivity index is 1.57. The van der Waals surface area contributed by atoms with Crippen molar-refractivity contribution < 1.29 is 14.3 Å². The molecule has 0 aromatic heterocycles. The molecule has 0 saturated carbocycles. The highest BCUT2D eigenvalue weighted by molar-refractivity contribution is 8.00. The summed E-state index contributed by atoms with van der Waals surface area (Å²) in [5, 5.41) is 3.41. The van der Waals surface area contributed by atoms with E-state index >= 15 is 0 Å². The van der Waals surface area contributed by atoms with Gasteiger partial charge in [-0.25, -0.2) is 0 Å². The average molecular weight is 473 g/mol. The Kier molecular flexibility index (Phi) is 6.41. The minimum atomic E-state index is -0.332. The van der Waals surface area contributed by atoms with Crippen molar-refractivity contribution in [3.63, 3.8) is 0 Å². The van der Waals surface area contributed by atoms with Crippen molar-refractivity contribution in [1.29, 1.82) is 0 Å². The third-order valence-electron chi connectivity index (χ3n) is 4.82. The molecule has 1 fully saturated rings. The number of carbonyl (C=O) groups excluding carboxylic acids is 2. The second kappa shape index (κ2) is 9.22. The lowest BCUT2D eigenvalue weighted by molar-refractivity contribution is -0.115. The van der Waals surface area contributed by atoms with Crippen LogP contribution in [0.5, 0.6) is 5.75 Å². The van der Waals surface area contributed by atoms with Crippen molar-refractivity contribution in [2.45, 2.75) is 5.37 Å². The van der Waals surface area contributed by atoms with Crippen molar-refractivity contribution in [2.24, 2.45) is 0 Å². The molecule has 0 spiro atoms. The molecule has 1 atom stereocenters. The monoisotopic (exact) mass is 472 g/mol. The number of ether oxygens (including phenoxy) is 1. The zero-order valence-electron chi connectivity index (χ0n) is 16.5. The molecule has 31 heavy (non-hydrogen) atoms. The van der Waals surface area contributed by atoms with Gasteiger partial charge in [0.1, 0.15) is 11.1 Å². The highest BCUT2D eigenvalue weighted by atomic mass is 35.5. The van der Waals surface area contributed by atoms with E-state index in [1.54, 1.807) is 42.0 Å². The Bertz CT molecular complexity index is 1140. The number of anilines is 2. The fourth-order valence-electron chi connectivity index (χ4n) is 3.33. The van der Waals surface area contributed by atoms with Gasteiger partial charge in [0.25, 0.3) is 5.91 Å². The summed E-state index contributed by atoms with van der Waals surface area (Å²) >= 11 is 13.6. The number of hydrogen-bond acceptors (Lipinski definition) is 4. The van der Waals surface area contributed by atoms with Crippen LogP contribution in [0.15, 0.2) is 66.7 Å². The van der Waals surface area contributed by atoms with Crippen molar-refractivity contribution in [3.05, 3.63) is 87.9 Å². The van der Waals surface area contributed by atoms with Crippen molar-refractivity contribution >= 4 is 58.2 Å². The van der Waals surface area contributed by atoms with Gasteiger partial charge in [-0.1, -0.05) is 35.3 Å². The standard InChI is InChI=1S/C23H18Cl2N2O3S/c1-30-18-8-6-17(7-9-18)27-21(28)13-31-23(27)14-3-2-4-16(11-14)26-22(29)19-10-5-15(24)12-20(19)25/h2-12,23H,13H2,1H3,(H,26,29). The summed E-state index contributed by atoms with van der Waals surface area (Å²) in [6.45, 7) is 0. The predicted octanol–water partition coefficient (Wildman–Crippen LogP) is 6.03.